The van der Waals surface area contributed by atoms with Crippen molar-refractivity contribution < 1.29 is 9.59 Å². The first-order valence-corrected chi connectivity index (χ1v) is 9.35. The van der Waals surface area contributed by atoms with Crippen molar-refractivity contribution in [3.63, 3.8) is 0 Å². The van der Waals surface area contributed by atoms with Gasteiger partial charge < -0.3 is 20.1 Å². The third kappa shape index (κ3) is 3.80. The highest BCUT2D eigenvalue weighted by atomic mass is 16.2. The van der Waals surface area contributed by atoms with Crippen LogP contribution in [-0.2, 0) is 11.2 Å². The van der Waals surface area contributed by atoms with Crippen LogP contribution >= 0.6 is 0 Å². The Morgan fingerprint density at radius 1 is 1.18 bits per heavy atom. The van der Waals surface area contributed by atoms with Crippen LogP contribution in [0.2, 0.25) is 0 Å². The molecule has 1 aliphatic heterocycles. The lowest BCUT2D eigenvalue weighted by atomic mass is 10.1. The molecule has 3 heterocycles. The molecule has 0 saturated carbocycles. The number of para-hydroxylation sites is 1. The number of benzene rings is 1. The van der Waals surface area contributed by atoms with Crippen LogP contribution in [0.3, 0.4) is 0 Å². The Balaban J connectivity index is 1.36. The molecule has 1 aromatic carbocycles. The number of nitrogens with one attached hydrogen (secondary N) is 2. The van der Waals surface area contributed by atoms with Gasteiger partial charge in [-0.1, -0.05) is 18.2 Å². The van der Waals surface area contributed by atoms with E-state index in [1.54, 1.807) is 22.1 Å². The molecule has 1 aliphatic rings. The number of aromatic nitrogens is 3. The van der Waals surface area contributed by atoms with E-state index >= 15 is 0 Å². The van der Waals surface area contributed by atoms with E-state index in [1.807, 2.05) is 18.3 Å². The van der Waals surface area contributed by atoms with Crippen LogP contribution in [0, 0.1) is 0 Å². The average Bonchev–Trinajstić information content (AvgIpc) is 3.17. The van der Waals surface area contributed by atoms with E-state index in [4.69, 9.17) is 0 Å². The highest BCUT2D eigenvalue weighted by Gasteiger charge is 2.22. The van der Waals surface area contributed by atoms with E-state index < -0.39 is 0 Å². The molecule has 0 unspecified atom stereocenters. The third-order valence-electron chi connectivity index (χ3n) is 4.98. The van der Waals surface area contributed by atoms with Gasteiger partial charge in [-0.25, -0.2) is 9.97 Å². The monoisotopic (exact) mass is 378 g/mol. The first-order valence-electron chi connectivity index (χ1n) is 9.35. The fourth-order valence-electron chi connectivity index (χ4n) is 3.40. The zero-order valence-corrected chi connectivity index (χ0v) is 15.5. The van der Waals surface area contributed by atoms with Gasteiger partial charge in [0.1, 0.15) is 5.69 Å². The zero-order chi connectivity index (χ0) is 19.3. The molecule has 0 atom stereocenters. The number of carbonyl (C=O) groups excluding carboxylic acids is 2. The Morgan fingerprint density at radius 2 is 2.00 bits per heavy atom. The summed E-state index contributed by atoms with van der Waals surface area (Å²) >= 11 is 0. The van der Waals surface area contributed by atoms with E-state index in [1.165, 1.54) is 10.9 Å². The van der Waals surface area contributed by atoms with Crippen LogP contribution in [0.1, 0.15) is 16.1 Å². The normalized spacial score (nSPS) is 14.3. The molecule has 144 valence electrons. The molecule has 3 aromatic rings. The predicted molar refractivity (Wildman–Crippen MR) is 106 cm³/mol. The predicted octanol–water partition coefficient (Wildman–Crippen LogP) is 1.53. The second-order valence-electron chi connectivity index (χ2n) is 6.74. The van der Waals surface area contributed by atoms with Crippen LogP contribution in [-0.4, -0.2) is 69.8 Å². The van der Waals surface area contributed by atoms with Crippen molar-refractivity contribution in [2.45, 2.75) is 6.42 Å². The minimum atomic E-state index is -0.132. The van der Waals surface area contributed by atoms with Gasteiger partial charge in [-0.15, -0.1) is 0 Å². The van der Waals surface area contributed by atoms with E-state index in [0.717, 1.165) is 18.3 Å². The number of fused-ring (bicyclic) bond motifs is 1. The molecule has 1 fully saturated rings. The number of hydrogen-bond donors (Lipinski definition) is 2. The van der Waals surface area contributed by atoms with Gasteiger partial charge in [0.25, 0.3) is 5.91 Å². The van der Waals surface area contributed by atoms with Crippen molar-refractivity contribution in [2.75, 3.05) is 38.0 Å². The van der Waals surface area contributed by atoms with Gasteiger partial charge in [0.2, 0.25) is 12.4 Å². The fourth-order valence-corrected chi connectivity index (χ4v) is 3.40. The number of piperazine rings is 1. The molecule has 8 heteroatoms. The molecule has 8 nitrogen and oxygen atoms in total. The maximum Gasteiger partial charge on any atom is 0.272 e. The van der Waals surface area contributed by atoms with Gasteiger partial charge in [0.15, 0.2) is 0 Å². The number of aromatic amines is 1. The number of amides is 2. The van der Waals surface area contributed by atoms with Gasteiger partial charge in [-0.3, -0.25) is 9.59 Å². The van der Waals surface area contributed by atoms with Gasteiger partial charge >= 0.3 is 0 Å². The van der Waals surface area contributed by atoms with Crippen LogP contribution < -0.4 is 5.32 Å². The minimum Gasteiger partial charge on any atom is -0.361 e. The molecule has 0 aliphatic carbocycles. The molecule has 1 saturated heterocycles. The van der Waals surface area contributed by atoms with Gasteiger partial charge in [-0.05, 0) is 24.1 Å². The molecule has 0 bridgehead atoms. The zero-order valence-electron chi connectivity index (χ0n) is 15.5. The first-order chi connectivity index (χ1) is 13.7. The van der Waals surface area contributed by atoms with Crippen molar-refractivity contribution >= 4 is 29.2 Å². The number of rotatable bonds is 6. The maximum absolute atomic E-state index is 12.7. The molecule has 2 N–H and O–H groups in total. The van der Waals surface area contributed by atoms with Crippen LogP contribution in [0.25, 0.3) is 10.9 Å². The maximum atomic E-state index is 12.7. The number of H-pyrrole nitrogens is 1. The summed E-state index contributed by atoms with van der Waals surface area (Å²) in [5.41, 5.74) is 2.71. The molecule has 0 radical (unpaired) electrons. The van der Waals surface area contributed by atoms with Crippen LogP contribution in [0.5, 0.6) is 0 Å². The Labute approximate surface area is 162 Å². The quantitative estimate of drug-likeness (QED) is 0.635. The molecule has 4 rings (SSSR count). The van der Waals surface area contributed by atoms with Crippen LogP contribution in [0.4, 0.5) is 5.95 Å². The Bertz CT molecular complexity index is 977. The molecule has 2 aromatic heterocycles. The molecule has 28 heavy (non-hydrogen) atoms. The summed E-state index contributed by atoms with van der Waals surface area (Å²) in [7, 11) is 0. The van der Waals surface area contributed by atoms with Crippen molar-refractivity contribution in [2.24, 2.45) is 0 Å². The van der Waals surface area contributed by atoms with Gasteiger partial charge in [0.05, 0.1) is 0 Å². The molecular formula is C20H22N6O2. The number of hydrogen-bond acceptors (Lipinski definition) is 5. The summed E-state index contributed by atoms with van der Waals surface area (Å²) in [6, 6.07) is 9.82. The summed E-state index contributed by atoms with van der Waals surface area (Å²) in [6.45, 7) is 2.80. The van der Waals surface area contributed by atoms with Crippen molar-refractivity contribution in [1.82, 2.24) is 24.8 Å². The van der Waals surface area contributed by atoms with Crippen molar-refractivity contribution in [3.8, 4) is 0 Å². The number of nitrogens with zero attached hydrogens (tertiary/aromatic N) is 4. The van der Waals surface area contributed by atoms with E-state index in [-0.39, 0.29) is 5.91 Å². The molecule has 2 amide bonds. The number of carbonyl (C=O) groups is 2. The van der Waals surface area contributed by atoms with Gasteiger partial charge in [-0.2, -0.15) is 0 Å². The third-order valence-corrected chi connectivity index (χ3v) is 4.98. The lowest BCUT2D eigenvalue weighted by molar-refractivity contribution is -0.119. The largest absolute Gasteiger partial charge is 0.361 e. The second-order valence-corrected chi connectivity index (χ2v) is 6.74. The fraction of sp³-hybridized carbons (Fsp3) is 0.300. The highest BCUT2D eigenvalue weighted by molar-refractivity contribution is 5.92. The van der Waals surface area contributed by atoms with E-state index in [9.17, 15) is 9.59 Å². The smallest absolute Gasteiger partial charge is 0.272 e. The topological polar surface area (TPSA) is 94.2 Å². The summed E-state index contributed by atoms with van der Waals surface area (Å²) in [6.07, 6.45) is 5.25. The minimum absolute atomic E-state index is 0.132. The summed E-state index contributed by atoms with van der Waals surface area (Å²) < 4.78 is 0. The highest BCUT2D eigenvalue weighted by Crippen LogP contribution is 2.18. The van der Waals surface area contributed by atoms with E-state index in [2.05, 4.69) is 32.4 Å². The second kappa shape index (κ2) is 8.08. The standard InChI is InChI=1S/C20H22N6O2/c27-14-25-9-11-26(12-10-25)19(28)18-6-8-22-20(24-18)21-7-5-15-13-23-17-4-2-1-3-16(15)17/h1-4,6,8,13-14,23H,5,7,9-12H2,(H,21,22,24). The lowest BCUT2D eigenvalue weighted by Crippen LogP contribution is -2.48. The SMILES string of the molecule is O=CN1CCN(C(=O)c2ccnc(NCCc3c[nH]c4ccccc34)n2)CC1. The Kier molecular flexibility index (Phi) is 5.18. The lowest BCUT2D eigenvalue weighted by Gasteiger charge is -2.32. The van der Waals surface area contributed by atoms with Crippen molar-refractivity contribution in [3.05, 3.63) is 54.0 Å². The molecule has 0 spiro atoms. The Morgan fingerprint density at radius 3 is 2.82 bits per heavy atom. The summed E-state index contributed by atoms with van der Waals surface area (Å²) in [5.74, 6) is 0.310. The summed E-state index contributed by atoms with van der Waals surface area (Å²) in [5, 5.41) is 4.41. The summed E-state index contributed by atoms with van der Waals surface area (Å²) in [4.78, 5) is 38.7. The van der Waals surface area contributed by atoms with Gasteiger partial charge in [0, 0.05) is 56.0 Å². The van der Waals surface area contributed by atoms with E-state index in [0.29, 0.717) is 44.4 Å². The molecular weight excluding hydrogens is 356 g/mol. The average molecular weight is 378 g/mol. The van der Waals surface area contributed by atoms with Crippen LogP contribution in [0.15, 0.2) is 42.7 Å². The first kappa shape index (κ1) is 18.0. The number of anilines is 1. The van der Waals surface area contributed by atoms with Crippen molar-refractivity contribution in [1.29, 1.82) is 0 Å². The Hall–Kier alpha value is -3.42.